The van der Waals surface area contributed by atoms with Crippen LogP contribution in [0.5, 0.6) is 0 Å². The van der Waals surface area contributed by atoms with Crippen molar-refractivity contribution < 1.29 is 8.78 Å². The molecule has 0 aliphatic carbocycles. The lowest BCUT2D eigenvalue weighted by molar-refractivity contribution is 0.525. The first-order valence-electron chi connectivity index (χ1n) is 4.24. The van der Waals surface area contributed by atoms with Gasteiger partial charge in [0.15, 0.2) is 0 Å². The highest BCUT2D eigenvalue weighted by molar-refractivity contribution is 9.10. The van der Waals surface area contributed by atoms with Crippen molar-refractivity contribution in [3.8, 4) is 0 Å². The summed E-state index contributed by atoms with van der Waals surface area (Å²) in [7, 11) is 0. The van der Waals surface area contributed by atoms with Crippen LogP contribution in [-0.2, 0) is 6.42 Å². The molecule has 0 heterocycles. The van der Waals surface area contributed by atoms with Gasteiger partial charge in [-0.3, -0.25) is 0 Å². The molecular weight excluding hydrogens is 318 g/mol. The number of halogens is 4. The zero-order valence-corrected chi connectivity index (χ0v) is 10.8. The molecular formula is C10H10Br2F2. The van der Waals surface area contributed by atoms with Crippen molar-refractivity contribution in [1.82, 2.24) is 0 Å². The minimum atomic E-state index is -0.488. The second-order valence-corrected chi connectivity index (χ2v) is 4.79. The molecule has 0 nitrogen and oxygen atoms in total. The molecule has 0 fully saturated rings. The van der Waals surface area contributed by atoms with E-state index in [1.54, 1.807) is 0 Å². The molecule has 0 aliphatic rings. The van der Waals surface area contributed by atoms with Crippen LogP contribution < -0.4 is 0 Å². The fourth-order valence-corrected chi connectivity index (χ4v) is 1.76. The summed E-state index contributed by atoms with van der Waals surface area (Å²) in [5.74, 6) is -0.746. The quantitative estimate of drug-likeness (QED) is 0.573. The fraction of sp³-hybridized carbons (Fsp3) is 0.400. The molecule has 0 saturated heterocycles. The molecule has 1 aromatic carbocycles. The topological polar surface area (TPSA) is 0 Å². The SMILES string of the molecule is CC(CBr)Cc1c(F)ccc(Br)c1F. The summed E-state index contributed by atoms with van der Waals surface area (Å²) >= 11 is 6.32. The van der Waals surface area contributed by atoms with Gasteiger partial charge in [0.2, 0.25) is 0 Å². The summed E-state index contributed by atoms with van der Waals surface area (Å²) in [5.41, 5.74) is 0.159. The van der Waals surface area contributed by atoms with Crippen molar-refractivity contribution in [3.63, 3.8) is 0 Å². The maximum atomic E-state index is 13.5. The van der Waals surface area contributed by atoms with E-state index in [0.29, 0.717) is 10.9 Å². The lowest BCUT2D eigenvalue weighted by atomic mass is 10.0. The second kappa shape index (κ2) is 5.21. The molecule has 0 aromatic heterocycles. The van der Waals surface area contributed by atoms with Crippen molar-refractivity contribution in [2.24, 2.45) is 5.92 Å². The van der Waals surface area contributed by atoms with Gasteiger partial charge in [0.25, 0.3) is 0 Å². The van der Waals surface area contributed by atoms with Gasteiger partial charge in [-0.15, -0.1) is 0 Å². The van der Waals surface area contributed by atoms with Gasteiger partial charge >= 0.3 is 0 Å². The number of alkyl halides is 1. The fourth-order valence-electron chi connectivity index (χ4n) is 1.16. The van der Waals surface area contributed by atoms with Crippen molar-refractivity contribution >= 4 is 31.9 Å². The Kier molecular flexibility index (Phi) is 4.51. The first kappa shape index (κ1) is 12.1. The Morgan fingerprint density at radius 3 is 2.57 bits per heavy atom. The van der Waals surface area contributed by atoms with Crippen LogP contribution in [0.1, 0.15) is 12.5 Å². The van der Waals surface area contributed by atoms with E-state index in [4.69, 9.17) is 0 Å². The molecule has 1 rings (SSSR count). The first-order valence-corrected chi connectivity index (χ1v) is 6.16. The molecule has 1 aromatic rings. The molecule has 1 unspecified atom stereocenters. The normalized spacial score (nSPS) is 12.9. The van der Waals surface area contributed by atoms with E-state index in [1.165, 1.54) is 12.1 Å². The van der Waals surface area contributed by atoms with Gasteiger partial charge in [-0.2, -0.15) is 0 Å². The van der Waals surface area contributed by atoms with Gasteiger partial charge in [-0.05, 0) is 40.4 Å². The zero-order chi connectivity index (χ0) is 10.7. The molecule has 0 saturated carbocycles. The molecule has 4 heteroatoms. The van der Waals surface area contributed by atoms with Crippen LogP contribution in [0.2, 0.25) is 0 Å². The van der Waals surface area contributed by atoms with Crippen LogP contribution in [0.25, 0.3) is 0 Å². The van der Waals surface area contributed by atoms with Gasteiger partial charge in [-0.1, -0.05) is 22.9 Å². The Balaban J connectivity index is 3.00. The average Bonchev–Trinajstić information content (AvgIpc) is 2.18. The third-order valence-corrected chi connectivity index (χ3v) is 3.67. The van der Waals surface area contributed by atoms with E-state index < -0.39 is 11.6 Å². The maximum Gasteiger partial charge on any atom is 0.143 e. The summed E-state index contributed by atoms with van der Waals surface area (Å²) < 4.78 is 27.0. The Labute approximate surface area is 99.0 Å². The lowest BCUT2D eigenvalue weighted by Crippen LogP contribution is -2.05. The van der Waals surface area contributed by atoms with Gasteiger partial charge < -0.3 is 0 Å². The van der Waals surface area contributed by atoms with Crippen LogP contribution >= 0.6 is 31.9 Å². The molecule has 0 amide bonds. The van der Waals surface area contributed by atoms with E-state index in [1.807, 2.05) is 6.92 Å². The highest BCUT2D eigenvalue weighted by atomic mass is 79.9. The molecule has 0 radical (unpaired) electrons. The smallest absolute Gasteiger partial charge is 0.143 e. The number of rotatable bonds is 3. The summed E-state index contributed by atoms with van der Waals surface area (Å²) in [4.78, 5) is 0. The van der Waals surface area contributed by atoms with Gasteiger partial charge in [0.05, 0.1) is 4.47 Å². The molecule has 14 heavy (non-hydrogen) atoms. The van der Waals surface area contributed by atoms with Crippen LogP contribution in [0.4, 0.5) is 8.78 Å². The Morgan fingerprint density at radius 1 is 1.36 bits per heavy atom. The first-order chi connectivity index (χ1) is 6.56. The van der Waals surface area contributed by atoms with Crippen molar-refractivity contribution in [1.29, 1.82) is 0 Å². The van der Waals surface area contributed by atoms with E-state index in [2.05, 4.69) is 31.9 Å². The predicted molar refractivity (Wildman–Crippen MR) is 60.7 cm³/mol. The highest BCUT2D eigenvalue weighted by Gasteiger charge is 2.14. The predicted octanol–water partition coefficient (Wildman–Crippen LogP) is 4.30. The van der Waals surface area contributed by atoms with Crippen molar-refractivity contribution in [3.05, 3.63) is 33.8 Å². The van der Waals surface area contributed by atoms with Gasteiger partial charge in [0.1, 0.15) is 11.6 Å². The van der Waals surface area contributed by atoms with E-state index in [9.17, 15) is 8.78 Å². The summed E-state index contributed by atoms with van der Waals surface area (Å²) in [6.45, 7) is 1.94. The molecule has 78 valence electrons. The Morgan fingerprint density at radius 2 is 2.00 bits per heavy atom. The summed E-state index contributed by atoms with van der Waals surface area (Å²) in [6.07, 6.45) is 0.405. The van der Waals surface area contributed by atoms with Gasteiger partial charge in [0, 0.05) is 10.9 Å². The largest absolute Gasteiger partial charge is 0.207 e. The molecule has 0 spiro atoms. The van der Waals surface area contributed by atoms with Crippen LogP contribution in [0.15, 0.2) is 16.6 Å². The monoisotopic (exact) mass is 326 g/mol. The number of hydrogen-bond donors (Lipinski definition) is 0. The van der Waals surface area contributed by atoms with Crippen molar-refractivity contribution in [2.75, 3.05) is 5.33 Å². The maximum absolute atomic E-state index is 13.5. The van der Waals surface area contributed by atoms with Crippen LogP contribution in [-0.4, -0.2) is 5.33 Å². The average molecular weight is 328 g/mol. The van der Waals surface area contributed by atoms with E-state index in [-0.39, 0.29) is 11.5 Å². The zero-order valence-electron chi connectivity index (χ0n) is 7.66. The summed E-state index contributed by atoms with van der Waals surface area (Å²) in [6, 6.07) is 2.66. The lowest BCUT2D eigenvalue weighted by Gasteiger charge is -2.10. The van der Waals surface area contributed by atoms with Crippen LogP contribution in [0, 0.1) is 17.6 Å². The number of hydrogen-bond acceptors (Lipinski definition) is 0. The van der Waals surface area contributed by atoms with E-state index in [0.717, 1.165) is 5.33 Å². The standard InChI is InChI=1S/C10H10Br2F2/c1-6(5-11)4-7-9(13)3-2-8(12)10(7)14/h2-3,6H,4-5H2,1H3. The minimum absolute atomic E-state index is 0.159. The minimum Gasteiger partial charge on any atom is -0.207 e. The van der Waals surface area contributed by atoms with Crippen molar-refractivity contribution in [2.45, 2.75) is 13.3 Å². The summed E-state index contributed by atoms with van der Waals surface area (Å²) in [5, 5.41) is 0.735. The molecule has 0 aliphatic heterocycles. The van der Waals surface area contributed by atoms with E-state index >= 15 is 0 Å². The van der Waals surface area contributed by atoms with Gasteiger partial charge in [-0.25, -0.2) is 8.78 Å². The number of benzene rings is 1. The molecule has 0 bridgehead atoms. The molecule has 1 atom stereocenters. The van der Waals surface area contributed by atoms with Crippen LogP contribution in [0.3, 0.4) is 0 Å². The Hall–Kier alpha value is 0.0400. The highest BCUT2D eigenvalue weighted by Crippen LogP contribution is 2.24. The molecule has 0 N–H and O–H groups in total. The third-order valence-electron chi connectivity index (χ3n) is 1.95. The second-order valence-electron chi connectivity index (χ2n) is 3.29. The Bertz CT molecular complexity index is 326. The third kappa shape index (κ3) is 2.76.